The molecule has 2 aromatic rings. The van der Waals surface area contributed by atoms with Crippen LogP contribution in [0.15, 0.2) is 48.5 Å². The van der Waals surface area contributed by atoms with Gasteiger partial charge in [0.2, 0.25) is 0 Å². The Morgan fingerprint density at radius 1 is 0.550 bits per heavy atom. The maximum atomic E-state index is 14.1. The molecular weight excluding hydrogens is 268 g/mol. The molecule has 0 saturated carbocycles. The quantitative estimate of drug-likeness (QED) is 0.615. The minimum atomic E-state index is -3.06. The summed E-state index contributed by atoms with van der Waals surface area (Å²) in [5.74, 6) is -6.12. The van der Waals surface area contributed by atoms with E-state index >= 15 is 0 Å². The topological polar surface area (TPSA) is 0 Å². The molecule has 0 heterocycles. The van der Waals surface area contributed by atoms with Crippen molar-refractivity contribution in [1.29, 1.82) is 0 Å². The average Bonchev–Trinajstić information content (AvgIpc) is 2.40. The lowest BCUT2D eigenvalue weighted by Crippen LogP contribution is -2.21. The minimum Gasteiger partial charge on any atom is -0.201 e. The molecular formula is C16H12F4. The highest BCUT2D eigenvalue weighted by atomic mass is 19.3. The van der Waals surface area contributed by atoms with Crippen LogP contribution in [0.5, 0.6) is 0 Å². The zero-order chi connectivity index (χ0) is 14.4. The lowest BCUT2D eigenvalue weighted by Gasteiger charge is -2.22. The Hall–Kier alpha value is -1.84. The van der Waals surface area contributed by atoms with Crippen LogP contribution in [-0.4, -0.2) is 0 Å². The molecule has 4 aliphatic carbocycles. The summed E-state index contributed by atoms with van der Waals surface area (Å²) >= 11 is 0. The van der Waals surface area contributed by atoms with Crippen molar-refractivity contribution in [3.63, 3.8) is 0 Å². The fourth-order valence-corrected chi connectivity index (χ4v) is 2.45. The van der Waals surface area contributed by atoms with E-state index in [9.17, 15) is 17.6 Å². The first-order chi connectivity index (χ1) is 9.37. The van der Waals surface area contributed by atoms with Gasteiger partial charge in [-0.15, -0.1) is 0 Å². The van der Waals surface area contributed by atoms with Gasteiger partial charge in [-0.1, -0.05) is 48.5 Å². The molecule has 0 N–H and O–H groups in total. The van der Waals surface area contributed by atoms with Gasteiger partial charge in [-0.2, -0.15) is 0 Å². The summed E-state index contributed by atoms with van der Waals surface area (Å²) < 4.78 is 56.4. The Morgan fingerprint density at radius 3 is 1.15 bits per heavy atom. The van der Waals surface area contributed by atoms with E-state index in [0.29, 0.717) is 11.1 Å². The van der Waals surface area contributed by atoms with E-state index in [1.54, 1.807) is 0 Å². The summed E-state index contributed by atoms with van der Waals surface area (Å²) in [6.07, 6.45) is -0.855. The van der Waals surface area contributed by atoms with E-state index < -0.39 is 24.7 Å². The zero-order valence-electron chi connectivity index (χ0n) is 10.5. The normalized spacial score (nSPS) is 19.4. The summed E-state index contributed by atoms with van der Waals surface area (Å²) in [6, 6.07) is 10.4. The van der Waals surface area contributed by atoms with Gasteiger partial charge in [-0.3, -0.25) is 0 Å². The van der Waals surface area contributed by atoms with Crippen LogP contribution in [0, 0.1) is 0 Å². The summed E-state index contributed by atoms with van der Waals surface area (Å²) in [5, 5.41) is 0. The molecule has 4 bridgehead atoms. The smallest absolute Gasteiger partial charge is 0.201 e. The maximum Gasteiger partial charge on any atom is 0.277 e. The van der Waals surface area contributed by atoms with Gasteiger partial charge in [0.15, 0.2) is 0 Å². The molecule has 0 fully saturated rings. The molecule has 0 radical (unpaired) electrons. The molecule has 6 rings (SSSR count). The van der Waals surface area contributed by atoms with Crippen LogP contribution >= 0.6 is 0 Å². The highest BCUT2D eigenvalue weighted by Crippen LogP contribution is 2.37. The van der Waals surface area contributed by atoms with Crippen LogP contribution in [0.3, 0.4) is 0 Å². The van der Waals surface area contributed by atoms with E-state index in [2.05, 4.69) is 0 Å². The van der Waals surface area contributed by atoms with Gasteiger partial charge in [0.25, 0.3) is 11.8 Å². The second kappa shape index (κ2) is 4.33. The molecule has 0 saturated heterocycles. The first kappa shape index (κ1) is 13.2. The lowest BCUT2D eigenvalue weighted by molar-refractivity contribution is -0.00878. The number of halogens is 4. The van der Waals surface area contributed by atoms with Gasteiger partial charge in [0, 0.05) is 24.0 Å². The Labute approximate surface area is 114 Å². The monoisotopic (exact) mass is 280 g/mol. The van der Waals surface area contributed by atoms with Crippen molar-refractivity contribution in [2.45, 2.75) is 24.7 Å². The molecule has 0 aromatic heterocycles. The zero-order valence-corrected chi connectivity index (χ0v) is 10.5. The van der Waals surface area contributed by atoms with Crippen molar-refractivity contribution in [2.24, 2.45) is 0 Å². The van der Waals surface area contributed by atoms with E-state index in [1.165, 1.54) is 24.3 Å². The van der Waals surface area contributed by atoms with Crippen molar-refractivity contribution in [2.75, 3.05) is 0 Å². The summed E-state index contributed by atoms with van der Waals surface area (Å²) in [7, 11) is 0. The summed E-state index contributed by atoms with van der Waals surface area (Å²) in [6.45, 7) is 0. The molecule has 0 unspecified atom stereocenters. The molecule has 0 aliphatic heterocycles. The Kier molecular flexibility index (Phi) is 2.85. The molecule has 0 spiro atoms. The molecule has 0 amide bonds. The third-order valence-electron chi connectivity index (χ3n) is 3.60. The Balaban J connectivity index is 2.16. The van der Waals surface area contributed by atoms with Crippen LogP contribution in [0.1, 0.15) is 22.3 Å². The molecule has 4 heteroatoms. The Bertz CT molecular complexity index is 556. The molecule has 2 aromatic carbocycles. The fourth-order valence-electron chi connectivity index (χ4n) is 2.45. The average molecular weight is 280 g/mol. The van der Waals surface area contributed by atoms with Gasteiger partial charge in [0.1, 0.15) is 0 Å². The SMILES string of the molecule is FC1(F)Cc2ccc(cc2)CC(F)(F)c2ccc1cc2. The first-order valence-corrected chi connectivity index (χ1v) is 6.31. The summed E-state index contributed by atoms with van der Waals surface area (Å²) in [4.78, 5) is 0. The van der Waals surface area contributed by atoms with E-state index in [1.807, 2.05) is 0 Å². The largest absolute Gasteiger partial charge is 0.277 e. The predicted molar refractivity (Wildman–Crippen MR) is 68.1 cm³/mol. The van der Waals surface area contributed by atoms with Gasteiger partial charge in [-0.25, -0.2) is 17.6 Å². The molecule has 104 valence electrons. The lowest BCUT2D eigenvalue weighted by atomic mass is 9.93. The predicted octanol–water partition coefficient (Wildman–Crippen LogP) is 4.67. The fraction of sp³-hybridized carbons (Fsp3) is 0.250. The highest BCUT2D eigenvalue weighted by Gasteiger charge is 2.36. The standard InChI is InChI=1S/C16H12F4/c17-15(18)9-11-1-2-12(4-3-11)10-16(19,20)14-7-5-13(15)6-8-14/h1-8H,9-10H2. The number of benzene rings is 2. The number of hydrogen-bond donors (Lipinski definition) is 0. The van der Waals surface area contributed by atoms with Crippen molar-refractivity contribution in [3.05, 3.63) is 70.8 Å². The molecule has 0 nitrogen and oxygen atoms in total. The summed E-state index contributed by atoms with van der Waals surface area (Å²) in [5.41, 5.74) is 0.404. The van der Waals surface area contributed by atoms with E-state index in [-0.39, 0.29) is 11.1 Å². The van der Waals surface area contributed by atoms with E-state index in [0.717, 1.165) is 24.3 Å². The van der Waals surface area contributed by atoms with E-state index in [4.69, 9.17) is 0 Å². The number of rotatable bonds is 0. The molecule has 20 heavy (non-hydrogen) atoms. The van der Waals surface area contributed by atoms with Gasteiger partial charge >= 0.3 is 0 Å². The van der Waals surface area contributed by atoms with Crippen molar-refractivity contribution >= 4 is 0 Å². The van der Waals surface area contributed by atoms with Crippen molar-refractivity contribution in [3.8, 4) is 0 Å². The van der Waals surface area contributed by atoms with Crippen LogP contribution in [0.25, 0.3) is 0 Å². The third-order valence-corrected chi connectivity index (χ3v) is 3.60. The maximum absolute atomic E-state index is 14.1. The molecule has 0 atom stereocenters. The second-order valence-electron chi connectivity index (χ2n) is 5.16. The van der Waals surface area contributed by atoms with Gasteiger partial charge < -0.3 is 0 Å². The highest BCUT2D eigenvalue weighted by molar-refractivity contribution is 5.34. The van der Waals surface area contributed by atoms with Crippen LogP contribution in [0.4, 0.5) is 17.6 Å². The second-order valence-corrected chi connectivity index (χ2v) is 5.16. The Morgan fingerprint density at radius 2 is 0.850 bits per heavy atom. The van der Waals surface area contributed by atoms with Crippen LogP contribution < -0.4 is 0 Å². The van der Waals surface area contributed by atoms with Gasteiger partial charge in [-0.05, 0) is 11.1 Å². The molecule has 4 aliphatic rings. The third kappa shape index (κ3) is 2.30. The number of alkyl halides is 4. The number of hydrogen-bond acceptors (Lipinski definition) is 0. The van der Waals surface area contributed by atoms with Crippen molar-refractivity contribution < 1.29 is 17.6 Å². The van der Waals surface area contributed by atoms with Crippen LogP contribution in [0.2, 0.25) is 0 Å². The minimum absolute atomic E-state index is 0.235. The van der Waals surface area contributed by atoms with Crippen LogP contribution in [-0.2, 0) is 24.7 Å². The first-order valence-electron chi connectivity index (χ1n) is 6.31. The van der Waals surface area contributed by atoms with Crippen molar-refractivity contribution in [1.82, 2.24) is 0 Å². The van der Waals surface area contributed by atoms with Gasteiger partial charge in [0.05, 0.1) is 0 Å².